The van der Waals surface area contributed by atoms with Crippen LogP contribution in [-0.4, -0.2) is 67.9 Å². The van der Waals surface area contributed by atoms with Gasteiger partial charge >= 0.3 is 6.16 Å². The van der Waals surface area contributed by atoms with Crippen LogP contribution in [0.4, 0.5) is 15.6 Å². The number of carbonyl (C=O) groups is 3. The van der Waals surface area contributed by atoms with Crippen LogP contribution in [0.2, 0.25) is 0 Å². The summed E-state index contributed by atoms with van der Waals surface area (Å²) >= 11 is 2.39. The second-order valence-electron chi connectivity index (χ2n) is 7.43. The number of nitrogens with one attached hydrogen (secondary N) is 1. The Morgan fingerprint density at radius 3 is 2.68 bits per heavy atom. The first-order chi connectivity index (χ1) is 17.7. The van der Waals surface area contributed by atoms with Crippen molar-refractivity contribution in [3.05, 3.63) is 68.5 Å². The van der Waals surface area contributed by atoms with Gasteiger partial charge in [-0.05, 0) is 17.7 Å². The number of amides is 2. The lowest BCUT2D eigenvalue weighted by molar-refractivity contribution is -0.384. The van der Waals surface area contributed by atoms with Gasteiger partial charge in [-0.15, -0.1) is 23.1 Å². The predicted octanol–water partition coefficient (Wildman–Crippen LogP) is 2.00. The van der Waals surface area contributed by atoms with Crippen LogP contribution in [0.15, 0.2) is 52.3 Å². The van der Waals surface area contributed by atoms with E-state index in [2.05, 4.69) is 15.5 Å². The second kappa shape index (κ2) is 10.7. The average Bonchev–Trinajstić information content (AvgIpc) is 3.30. The van der Waals surface area contributed by atoms with Crippen molar-refractivity contribution in [1.29, 1.82) is 0 Å². The molecule has 0 saturated carbocycles. The van der Waals surface area contributed by atoms with Gasteiger partial charge in [0.2, 0.25) is 5.88 Å². The van der Waals surface area contributed by atoms with E-state index in [4.69, 9.17) is 15.3 Å². The number of thiazole rings is 1. The van der Waals surface area contributed by atoms with E-state index in [0.717, 1.165) is 16.2 Å². The number of rotatable bonds is 8. The van der Waals surface area contributed by atoms with Gasteiger partial charge in [0.25, 0.3) is 17.5 Å². The summed E-state index contributed by atoms with van der Waals surface area (Å²) in [5, 5.41) is 27.4. The van der Waals surface area contributed by atoms with E-state index >= 15 is 0 Å². The number of aromatic nitrogens is 1. The van der Waals surface area contributed by atoms with E-state index in [-0.39, 0.29) is 33.9 Å². The Kier molecular flexibility index (Phi) is 7.40. The number of nitrogens with two attached hydrogens (primary N) is 1. The number of nitro groups is 1. The fraction of sp³-hybridized carbons (Fsp3) is 0.190. The molecule has 0 aliphatic carbocycles. The Labute approximate surface area is 216 Å². The largest absolute Gasteiger partial charge is 0.512 e. The molecule has 37 heavy (non-hydrogen) atoms. The smallest absolute Gasteiger partial charge is 0.449 e. The van der Waals surface area contributed by atoms with Gasteiger partial charge in [-0.25, -0.2) is 9.78 Å². The lowest BCUT2D eigenvalue weighted by Gasteiger charge is -2.48. The minimum Gasteiger partial charge on any atom is -0.449 e. The number of carboxylic acid groups (broad SMARTS) is 1. The number of anilines is 1. The maximum Gasteiger partial charge on any atom is 0.512 e. The van der Waals surface area contributed by atoms with Crippen LogP contribution in [0.25, 0.3) is 6.08 Å². The van der Waals surface area contributed by atoms with Crippen LogP contribution in [0.5, 0.6) is 0 Å². The van der Waals surface area contributed by atoms with Crippen molar-refractivity contribution in [3.63, 3.8) is 0 Å². The zero-order valence-electron chi connectivity index (χ0n) is 18.9. The van der Waals surface area contributed by atoms with E-state index in [1.807, 2.05) is 0 Å². The minimum atomic E-state index is -1.61. The average molecular weight is 547 g/mol. The lowest BCUT2D eigenvalue weighted by Crippen LogP contribution is -2.70. The van der Waals surface area contributed by atoms with Crippen LogP contribution >= 0.6 is 23.1 Å². The SMILES string of the molecule is CON=C(C(=O)NC1C(=O)N2C(OC(=O)O)=C(C=Cc3ccc([N+](=O)[O-])cc3)CS[C@@H]12)c1csc(N)n1. The van der Waals surface area contributed by atoms with E-state index in [0.29, 0.717) is 11.1 Å². The summed E-state index contributed by atoms with van der Waals surface area (Å²) in [6.07, 6.45) is 1.57. The summed E-state index contributed by atoms with van der Waals surface area (Å²) in [4.78, 5) is 57.3. The number of benzene rings is 1. The van der Waals surface area contributed by atoms with Gasteiger partial charge in [0, 0.05) is 28.8 Å². The number of β-lactam (4-membered cyclic amide) rings is 1. The highest BCUT2D eigenvalue weighted by atomic mass is 32.2. The summed E-state index contributed by atoms with van der Waals surface area (Å²) < 4.78 is 4.93. The Hall–Kier alpha value is -4.44. The molecule has 16 heteroatoms. The number of nitrogens with zero attached hydrogens (tertiary/aromatic N) is 4. The number of carbonyl (C=O) groups excluding carboxylic acids is 2. The van der Waals surface area contributed by atoms with Crippen LogP contribution in [0, 0.1) is 10.1 Å². The molecule has 4 rings (SSSR count). The topological polar surface area (TPSA) is 200 Å². The standard InChI is InChI=1S/C21H18N6O8S2/c1-34-25-14(13-9-37-20(22)23-13)16(28)24-15-17(29)26-18(35-21(30)31)11(8-36-19(15)26)5-2-10-3-6-12(7-4-10)27(32)33/h2-7,9,15,19H,8H2,1H3,(H2,22,23)(H,24,28)(H,30,31)/t15?,19-/m0/s1. The number of thioether (sulfide) groups is 1. The maximum atomic E-state index is 13.0. The summed E-state index contributed by atoms with van der Waals surface area (Å²) in [6, 6.07) is 4.74. The Morgan fingerprint density at radius 2 is 2.08 bits per heavy atom. The molecular formula is C21H18N6O8S2. The third-order valence-electron chi connectivity index (χ3n) is 5.16. The number of fused-ring (bicyclic) bond motifs is 1. The number of oxime groups is 1. The van der Waals surface area contributed by atoms with Gasteiger partial charge in [0.1, 0.15) is 24.2 Å². The highest BCUT2D eigenvalue weighted by Gasteiger charge is 2.54. The van der Waals surface area contributed by atoms with Gasteiger partial charge in [-0.2, -0.15) is 0 Å². The van der Waals surface area contributed by atoms with Crippen LogP contribution in [-0.2, 0) is 19.2 Å². The number of ether oxygens (including phenoxy) is 1. The monoisotopic (exact) mass is 546 g/mol. The molecule has 14 nitrogen and oxygen atoms in total. The van der Waals surface area contributed by atoms with Gasteiger partial charge in [-0.3, -0.25) is 24.6 Å². The predicted molar refractivity (Wildman–Crippen MR) is 133 cm³/mol. The van der Waals surface area contributed by atoms with E-state index in [9.17, 15) is 29.6 Å². The number of hydrogen-bond acceptors (Lipinski definition) is 12. The Bertz CT molecular complexity index is 1350. The van der Waals surface area contributed by atoms with E-state index in [1.54, 1.807) is 12.2 Å². The molecule has 4 N–H and O–H groups in total. The molecule has 2 amide bonds. The van der Waals surface area contributed by atoms with Crippen molar-refractivity contribution in [3.8, 4) is 0 Å². The van der Waals surface area contributed by atoms with E-state index < -0.39 is 34.3 Å². The Balaban J connectivity index is 1.53. The minimum absolute atomic E-state index is 0.0708. The molecule has 3 heterocycles. The molecule has 1 saturated heterocycles. The molecule has 2 aliphatic rings. The molecule has 192 valence electrons. The number of nitro benzene ring substituents is 1. The fourth-order valence-electron chi connectivity index (χ4n) is 3.50. The molecule has 1 fully saturated rings. The summed E-state index contributed by atoms with van der Waals surface area (Å²) in [6.45, 7) is 0. The molecular weight excluding hydrogens is 528 g/mol. The van der Waals surface area contributed by atoms with Crippen molar-refractivity contribution in [2.45, 2.75) is 11.4 Å². The van der Waals surface area contributed by atoms with Gasteiger partial charge in [-0.1, -0.05) is 17.3 Å². The molecule has 2 aliphatic heterocycles. The van der Waals surface area contributed by atoms with Crippen LogP contribution in [0.3, 0.4) is 0 Å². The summed E-state index contributed by atoms with van der Waals surface area (Å²) in [7, 11) is 1.25. The lowest BCUT2D eigenvalue weighted by atomic mass is 10.0. The molecule has 2 atom stereocenters. The Morgan fingerprint density at radius 1 is 1.35 bits per heavy atom. The van der Waals surface area contributed by atoms with E-state index in [1.165, 1.54) is 48.5 Å². The third-order valence-corrected chi connectivity index (χ3v) is 7.14. The zero-order chi connectivity index (χ0) is 26.7. The first-order valence-electron chi connectivity index (χ1n) is 10.3. The van der Waals surface area contributed by atoms with Crippen LogP contribution < -0.4 is 11.1 Å². The van der Waals surface area contributed by atoms with Crippen molar-refractivity contribution in [2.75, 3.05) is 18.6 Å². The summed E-state index contributed by atoms with van der Waals surface area (Å²) in [5.41, 5.74) is 6.58. The zero-order valence-corrected chi connectivity index (χ0v) is 20.5. The summed E-state index contributed by atoms with van der Waals surface area (Å²) in [5.74, 6) is -1.23. The first kappa shape index (κ1) is 25.6. The van der Waals surface area contributed by atoms with Crippen molar-refractivity contribution in [2.24, 2.45) is 5.16 Å². The third kappa shape index (κ3) is 5.39. The van der Waals surface area contributed by atoms with Gasteiger partial charge < -0.3 is 25.7 Å². The number of allylic oxidation sites excluding steroid dienone is 1. The first-order valence-corrected chi connectivity index (χ1v) is 12.3. The fourth-order valence-corrected chi connectivity index (χ4v) is 5.34. The van der Waals surface area contributed by atoms with Crippen LogP contribution in [0.1, 0.15) is 11.3 Å². The molecule has 1 aromatic heterocycles. The molecule has 2 aromatic rings. The number of hydrogen-bond donors (Lipinski definition) is 3. The molecule has 0 radical (unpaired) electrons. The normalized spacial score (nSPS) is 19.3. The second-order valence-corrected chi connectivity index (χ2v) is 9.43. The highest BCUT2D eigenvalue weighted by molar-refractivity contribution is 8.00. The number of non-ortho nitro benzene ring substituents is 1. The maximum absolute atomic E-state index is 13.0. The molecule has 1 unspecified atom stereocenters. The quantitative estimate of drug-likeness (QED) is 0.144. The molecule has 0 bridgehead atoms. The highest BCUT2D eigenvalue weighted by Crippen LogP contribution is 2.41. The molecule has 1 aromatic carbocycles. The van der Waals surface area contributed by atoms with Crippen molar-refractivity contribution >= 4 is 63.7 Å². The van der Waals surface area contributed by atoms with Gasteiger partial charge in [0.05, 0.1) is 4.92 Å². The van der Waals surface area contributed by atoms with Crippen molar-refractivity contribution in [1.82, 2.24) is 15.2 Å². The van der Waals surface area contributed by atoms with Crippen molar-refractivity contribution < 1.29 is 34.0 Å². The molecule has 0 spiro atoms. The number of nitrogen functional groups attached to an aromatic ring is 1. The van der Waals surface area contributed by atoms with Gasteiger partial charge in [0.15, 0.2) is 10.8 Å².